The Morgan fingerprint density at radius 3 is 2.21 bits per heavy atom. The van der Waals surface area contributed by atoms with Crippen LogP contribution in [0.4, 0.5) is 5.69 Å². The van der Waals surface area contributed by atoms with E-state index in [9.17, 15) is 13.2 Å². The third-order valence-corrected chi connectivity index (χ3v) is 6.70. The van der Waals surface area contributed by atoms with E-state index in [0.717, 1.165) is 0 Å². The summed E-state index contributed by atoms with van der Waals surface area (Å²) >= 11 is 3.41. The molecule has 0 radical (unpaired) electrons. The fourth-order valence-corrected chi connectivity index (χ4v) is 4.55. The highest BCUT2D eigenvalue weighted by atomic mass is 79.9. The molecule has 0 saturated carbocycles. The minimum atomic E-state index is -3.52. The quantitative estimate of drug-likeness (QED) is 0.617. The lowest BCUT2D eigenvalue weighted by Gasteiger charge is -2.18. The van der Waals surface area contributed by atoms with Crippen molar-refractivity contribution in [2.75, 3.05) is 18.4 Å². The highest BCUT2D eigenvalue weighted by Crippen LogP contribution is 2.27. The highest BCUT2D eigenvalue weighted by Gasteiger charge is 2.21. The van der Waals surface area contributed by atoms with Gasteiger partial charge in [-0.05, 0) is 72.2 Å². The standard InChI is InChI=1S/C20H25BrN2O4S/c1-5-23(6-2)28(25,26)17-10-8-16(9-11-17)22-20(24)15-7-12-19(18(21)13-15)27-14(3)4/h7-14H,5-6H2,1-4H3,(H,22,24). The van der Waals surface area contributed by atoms with E-state index < -0.39 is 10.0 Å². The summed E-state index contributed by atoms with van der Waals surface area (Å²) in [7, 11) is -3.52. The van der Waals surface area contributed by atoms with Crippen molar-refractivity contribution in [2.24, 2.45) is 0 Å². The summed E-state index contributed by atoms with van der Waals surface area (Å²) in [6.07, 6.45) is 0.0297. The van der Waals surface area contributed by atoms with Crippen LogP contribution >= 0.6 is 15.9 Å². The van der Waals surface area contributed by atoms with Crippen LogP contribution in [0.25, 0.3) is 0 Å². The molecule has 0 aromatic heterocycles. The van der Waals surface area contributed by atoms with Crippen LogP contribution in [-0.4, -0.2) is 37.8 Å². The number of sulfonamides is 1. The molecule has 0 atom stereocenters. The summed E-state index contributed by atoms with van der Waals surface area (Å²) in [5.41, 5.74) is 0.977. The lowest BCUT2D eigenvalue weighted by molar-refractivity contribution is 0.102. The van der Waals surface area contributed by atoms with E-state index in [2.05, 4.69) is 21.2 Å². The van der Waals surface area contributed by atoms with Gasteiger partial charge in [0.1, 0.15) is 5.75 Å². The number of nitrogens with one attached hydrogen (secondary N) is 1. The zero-order valence-electron chi connectivity index (χ0n) is 16.4. The molecule has 0 unspecified atom stereocenters. The molecule has 8 heteroatoms. The number of hydrogen-bond donors (Lipinski definition) is 1. The number of nitrogens with zero attached hydrogens (tertiary/aromatic N) is 1. The Bertz CT molecular complexity index is 924. The van der Waals surface area contributed by atoms with Gasteiger partial charge in [0.2, 0.25) is 10.0 Å². The molecule has 0 heterocycles. The third kappa shape index (κ3) is 5.33. The third-order valence-electron chi connectivity index (χ3n) is 4.01. The highest BCUT2D eigenvalue weighted by molar-refractivity contribution is 9.10. The van der Waals surface area contributed by atoms with Gasteiger partial charge in [-0.3, -0.25) is 4.79 Å². The molecule has 1 amide bonds. The van der Waals surface area contributed by atoms with E-state index in [0.29, 0.717) is 34.6 Å². The van der Waals surface area contributed by atoms with Crippen LogP contribution in [0.5, 0.6) is 5.75 Å². The number of ether oxygens (including phenoxy) is 1. The molecule has 152 valence electrons. The molecular formula is C20H25BrN2O4S. The second kappa shape index (κ2) is 9.54. The van der Waals surface area contributed by atoms with Gasteiger partial charge in [-0.25, -0.2) is 8.42 Å². The molecule has 0 aliphatic heterocycles. The van der Waals surface area contributed by atoms with Crippen molar-refractivity contribution in [1.82, 2.24) is 4.31 Å². The summed E-state index contributed by atoms with van der Waals surface area (Å²) < 4.78 is 32.8. The first kappa shape index (κ1) is 22.4. The average Bonchev–Trinajstić information content (AvgIpc) is 2.64. The normalized spacial score (nSPS) is 11.7. The molecule has 0 saturated heterocycles. The molecule has 0 fully saturated rings. The van der Waals surface area contributed by atoms with Crippen molar-refractivity contribution in [3.05, 3.63) is 52.5 Å². The van der Waals surface area contributed by atoms with E-state index >= 15 is 0 Å². The van der Waals surface area contributed by atoms with E-state index in [1.165, 1.54) is 16.4 Å². The molecule has 0 aliphatic rings. The molecule has 6 nitrogen and oxygen atoms in total. The lowest BCUT2D eigenvalue weighted by Crippen LogP contribution is -2.30. The van der Waals surface area contributed by atoms with Crippen molar-refractivity contribution in [3.8, 4) is 5.75 Å². The molecule has 28 heavy (non-hydrogen) atoms. The fourth-order valence-electron chi connectivity index (χ4n) is 2.62. The maximum absolute atomic E-state index is 12.5. The van der Waals surface area contributed by atoms with Gasteiger partial charge in [0.15, 0.2) is 0 Å². The van der Waals surface area contributed by atoms with Crippen molar-refractivity contribution >= 4 is 37.5 Å². The summed E-state index contributed by atoms with van der Waals surface area (Å²) in [5, 5.41) is 2.77. The largest absolute Gasteiger partial charge is 0.490 e. The Balaban J connectivity index is 2.14. The second-order valence-electron chi connectivity index (χ2n) is 6.38. The van der Waals surface area contributed by atoms with Gasteiger partial charge in [-0.1, -0.05) is 13.8 Å². The van der Waals surface area contributed by atoms with Crippen molar-refractivity contribution in [1.29, 1.82) is 0 Å². The minimum Gasteiger partial charge on any atom is -0.490 e. The van der Waals surface area contributed by atoms with Gasteiger partial charge in [0.25, 0.3) is 5.91 Å². The van der Waals surface area contributed by atoms with Gasteiger partial charge in [-0.15, -0.1) is 0 Å². The number of hydrogen-bond acceptors (Lipinski definition) is 4. The lowest BCUT2D eigenvalue weighted by atomic mass is 10.2. The van der Waals surface area contributed by atoms with E-state index in [1.807, 2.05) is 13.8 Å². The van der Waals surface area contributed by atoms with Crippen molar-refractivity contribution < 1.29 is 17.9 Å². The summed E-state index contributed by atoms with van der Waals surface area (Å²) in [5.74, 6) is 0.369. The fraction of sp³-hybridized carbons (Fsp3) is 0.350. The molecule has 0 aliphatic carbocycles. The molecule has 0 bridgehead atoms. The maximum Gasteiger partial charge on any atom is 0.255 e. The average molecular weight is 469 g/mol. The van der Waals surface area contributed by atoms with Crippen LogP contribution < -0.4 is 10.1 Å². The number of carbonyl (C=O) groups is 1. The van der Waals surface area contributed by atoms with Crippen LogP contribution in [0.2, 0.25) is 0 Å². The van der Waals surface area contributed by atoms with Gasteiger partial charge in [0.05, 0.1) is 15.5 Å². The van der Waals surface area contributed by atoms with Gasteiger partial charge >= 0.3 is 0 Å². The van der Waals surface area contributed by atoms with E-state index in [-0.39, 0.29) is 16.9 Å². The Morgan fingerprint density at radius 2 is 1.71 bits per heavy atom. The van der Waals surface area contributed by atoms with Gasteiger partial charge < -0.3 is 10.1 Å². The monoisotopic (exact) mass is 468 g/mol. The molecular weight excluding hydrogens is 444 g/mol. The van der Waals surface area contributed by atoms with E-state index in [4.69, 9.17) is 4.74 Å². The Labute approximate surface area is 175 Å². The van der Waals surface area contributed by atoms with Crippen LogP contribution in [0.3, 0.4) is 0 Å². The Kier molecular flexibility index (Phi) is 7.63. The van der Waals surface area contributed by atoms with Gasteiger partial charge in [0, 0.05) is 24.3 Å². The molecule has 2 aromatic rings. The second-order valence-corrected chi connectivity index (χ2v) is 9.17. The number of carbonyl (C=O) groups excluding carboxylic acids is 1. The van der Waals surface area contributed by atoms with Gasteiger partial charge in [-0.2, -0.15) is 4.31 Å². The summed E-state index contributed by atoms with van der Waals surface area (Å²) in [4.78, 5) is 12.7. The minimum absolute atomic E-state index is 0.0297. The predicted octanol–water partition coefficient (Wildman–Crippen LogP) is 4.52. The number of halogens is 1. The number of rotatable bonds is 8. The number of benzene rings is 2. The zero-order valence-corrected chi connectivity index (χ0v) is 18.8. The zero-order chi connectivity index (χ0) is 20.9. The molecule has 0 spiro atoms. The molecule has 2 rings (SSSR count). The smallest absolute Gasteiger partial charge is 0.255 e. The first-order valence-corrected chi connectivity index (χ1v) is 11.3. The predicted molar refractivity (Wildman–Crippen MR) is 114 cm³/mol. The Morgan fingerprint density at radius 1 is 1.11 bits per heavy atom. The number of amides is 1. The van der Waals surface area contributed by atoms with Crippen LogP contribution in [0, 0.1) is 0 Å². The topological polar surface area (TPSA) is 75.7 Å². The first-order chi connectivity index (χ1) is 13.2. The van der Waals surface area contributed by atoms with Crippen molar-refractivity contribution in [3.63, 3.8) is 0 Å². The molecule has 2 aromatic carbocycles. The summed E-state index contributed by atoms with van der Waals surface area (Å²) in [6.45, 7) is 8.26. The summed E-state index contributed by atoms with van der Waals surface area (Å²) in [6, 6.07) is 11.3. The maximum atomic E-state index is 12.5. The van der Waals surface area contributed by atoms with Crippen LogP contribution in [0.15, 0.2) is 51.8 Å². The molecule has 1 N–H and O–H groups in total. The van der Waals surface area contributed by atoms with E-state index in [1.54, 1.807) is 44.2 Å². The van der Waals surface area contributed by atoms with Crippen LogP contribution in [0.1, 0.15) is 38.1 Å². The first-order valence-electron chi connectivity index (χ1n) is 9.06. The Hall–Kier alpha value is -1.90. The number of anilines is 1. The SMILES string of the molecule is CCN(CC)S(=O)(=O)c1ccc(NC(=O)c2ccc(OC(C)C)c(Br)c2)cc1. The van der Waals surface area contributed by atoms with Crippen molar-refractivity contribution in [2.45, 2.75) is 38.7 Å². The van der Waals surface area contributed by atoms with Crippen LogP contribution in [-0.2, 0) is 10.0 Å².